The van der Waals surface area contributed by atoms with Gasteiger partial charge in [0.15, 0.2) is 0 Å². The molecule has 0 unspecified atom stereocenters. The van der Waals surface area contributed by atoms with Crippen molar-refractivity contribution in [3.63, 3.8) is 0 Å². The number of fused-ring (bicyclic) bond motifs is 1. The summed E-state index contributed by atoms with van der Waals surface area (Å²) >= 11 is 0. The second kappa shape index (κ2) is 6.80. The number of amides is 1. The number of rotatable bonds is 3. The quantitative estimate of drug-likeness (QED) is 0.926. The Morgan fingerprint density at radius 2 is 2.24 bits per heavy atom. The molecule has 0 spiro atoms. The van der Waals surface area contributed by atoms with Gasteiger partial charge in [-0.2, -0.15) is 0 Å². The number of hydrogen-bond donors (Lipinski definition) is 1. The van der Waals surface area contributed by atoms with Crippen molar-refractivity contribution in [2.45, 2.75) is 31.8 Å². The van der Waals surface area contributed by atoms with Gasteiger partial charge in [-0.3, -0.25) is 9.69 Å². The van der Waals surface area contributed by atoms with Crippen LogP contribution >= 0.6 is 0 Å². The van der Waals surface area contributed by atoms with Crippen molar-refractivity contribution in [3.05, 3.63) is 53.6 Å². The predicted octanol–water partition coefficient (Wildman–Crippen LogP) is 1.90. The molecule has 0 aliphatic carbocycles. The summed E-state index contributed by atoms with van der Waals surface area (Å²) in [5.74, 6) is 0.758. The van der Waals surface area contributed by atoms with Gasteiger partial charge in [-0.1, -0.05) is 12.1 Å². The number of nitrogens with zero attached hydrogens (tertiary/aromatic N) is 4. The van der Waals surface area contributed by atoms with Crippen LogP contribution in [0.1, 0.15) is 35.6 Å². The molecule has 130 valence electrons. The van der Waals surface area contributed by atoms with Gasteiger partial charge in [-0.15, -0.1) is 0 Å². The third-order valence-corrected chi connectivity index (χ3v) is 5.12. The molecule has 0 saturated carbocycles. The van der Waals surface area contributed by atoms with E-state index >= 15 is 0 Å². The zero-order valence-corrected chi connectivity index (χ0v) is 14.1. The fraction of sp³-hybridized carbons (Fsp3) is 0.421. The topological polar surface area (TPSA) is 69.6 Å². The maximum absolute atomic E-state index is 12.7. The van der Waals surface area contributed by atoms with Gasteiger partial charge in [-0.25, -0.2) is 9.97 Å². The molecule has 6 nitrogen and oxygen atoms in total. The van der Waals surface area contributed by atoms with Crippen LogP contribution < -0.4 is 0 Å². The van der Waals surface area contributed by atoms with E-state index in [1.54, 1.807) is 12.4 Å². The minimum Gasteiger partial charge on any atom is -0.508 e. The minimum atomic E-state index is 0.172. The van der Waals surface area contributed by atoms with Crippen LogP contribution in [0.5, 0.6) is 5.75 Å². The van der Waals surface area contributed by atoms with Gasteiger partial charge in [-0.05, 0) is 30.5 Å². The standard InChI is InChI=1S/C19H22N4O2/c24-17-5-1-3-14(7-17)15-4-2-6-23(10-15)19(25)12-22-9-16-8-20-13-21-18(16)11-22/h1,3,5,7-8,13,15,24H,2,4,6,9-12H2/t15-/m1/s1. The van der Waals surface area contributed by atoms with E-state index in [0.717, 1.165) is 49.3 Å². The van der Waals surface area contributed by atoms with Crippen molar-refractivity contribution in [1.29, 1.82) is 0 Å². The van der Waals surface area contributed by atoms with Crippen molar-refractivity contribution in [1.82, 2.24) is 19.8 Å². The summed E-state index contributed by atoms with van der Waals surface area (Å²) in [5, 5.41) is 9.70. The molecule has 1 aromatic carbocycles. The third kappa shape index (κ3) is 3.49. The number of aromatic nitrogens is 2. The molecule has 1 amide bonds. The number of hydrogen-bond acceptors (Lipinski definition) is 5. The molecule has 3 heterocycles. The lowest BCUT2D eigenvalue weighted by molar-refractivity contribution is -0.133. The van der Waals surface area contributed by atoms with Gasteiger partial charge < -0.3 is 10.0 Å². The first kappa shape index (κ1) is 16.0. The summed E-state index contributed by atoms with van der Waals surface area (Å²) in [5.41, 5.74) is 3.26. The first-order valence-electron chi connectivity index (χ1n) is 8.76. The van der Waals surface area contributed by atoms with E-state index in [1.807, 2.05) is 29.3 Å². The van der Waals surface area contributed by atoms with Crippen molar-refractivity contribution in [2.75, 3.05) is 19.6 Å². The van der Waals surface area contributed by atoms with Crippen molar-refractivity contribution in [2.24, 2.45) is 0 Å². The van der Waals surface area contributed by atoms with Gasteiger partial charge in [0.25, 0.3) is 0 Å². The zero-order chi connectivity index (χ0) is 17.2. The first-order valence-corrected chi connectivity index (χ1v) is 8.76. The van der Waals surface area contributed by atoms with Crippen LogP contribution in [0.2, 0.25) is 0 Å². The maximum Gasteiger partial charge on any atom is 0.236 e. The highest BCUT2D eigenvalue weighted by Gasteiger charge is 2.28. The van der Waals surface area contributed by atoms with Crippen LogP contribution in [0.3, 0.4) is 0 Å². The number of phenols is 1. The Kier molecular flexibility index (Phi) is 4.36. The number of carbonyl (C=O) groups is 1. The fourth-order valence-electron chi connectivity index (χ4n) is 3.82. The number of likely N-dealkylation sites (tertiary alicyclic amines) is 1. The lowest BCUT2D eigenvalue weighted by Gasteiger charge is -2.34. The number of benzene rings is 1. The van der Waals surface area contributed by atoms with Crippen LogP contribution in [-0.2, 0) is 17.9 Å². The maximum atomic E-state index is 12.7. The number of phenolic OH excluding ortho intramolecular Hbond substituents is 1. The molecule has 1 aromatic heterocycles. The largest absolute Gasteiger partial charge is 0.508 e. The van der Waals surface area contributed by atoms with E-state index in [2.05, 4.69) is 14.9 Å². The van der Waals surface area contributed by atoms with Gasteiger partial charge in [0, 0.05) is 43.9 Å². The summed E-state index contributed by atoms with van der Waals surface area (Å²) in [7, 11) is 0. The van der Waals surface area contributed by atoms with E-state index in [9.17, 15) is 9.90 Å². The van der Waals surface area contributed by atoms with E-state index in [-0.39, 0.29) is 11.7 Å². The van der Waals surface area contributed by atoms with E-state index in [1.165, 1.54) is 0 Å². The van der Waals surface area contributed by atoms with Gasteiger partial charge >= 0.3 is 0 Å². The first-order chi connectivity index (χ1) is 12.2. The van der Waals surface area contributed by atoms with Gasteiger partial charge in [0.2, 0.25) is 5.91 Å². The summed E-state index contributed by atoms with van der Waals surface area (Å²) < 4.78 is 0. The molecule has 6 heteroatoms. The molecule has 1 saturated heterocycles. The second-order valence-electron chi connectivity index (χ2n) is 6.91. The number of aromatic hydroxyl groups is 1. The van der Waals surface area contributed by atoms with Crippen LogP contribution in [-0.4, -0.2) is 50.4 Å². The molecule has 2 aliphatic rings. The number of carbonyl (C=O) groups excluding carboxylic acids is 1. The van der Waals surface area contributed by atoms with Crippen LogP contribution in [0, 0.1) is 0 Å². The summed E-state index contributed by atoms with van der Waals surface area (Å²) in [6, 6.07) is 7.40. The van der Waals surface area contributed by atoms with E-state index in [0.29, 0.717) is 19.0 Å². The smallest absolute Gasteiger partial charge is 0.236 e. The lowest BCUT2D eigenvalue weighted by Crippen LogP contribution is -2.43. The summed E-state index contributed by atoms with van der Waals surface area (Å²) in [4.78, 5) is 25.2. The molecule has 2 aromatic rings. The molecular formula is C19H22N4O2. The highest BCUT2D eigenvalue weighted by Crippen LogP contribution is 2.29. The van der Waals surface area contributed by atoms with Crippen molar-refractivity contribution >= 4 is 5.91 Å². The molecule has 4 rings (SSSR count). The predicted molar refractivity (Wildman–Crippen MR) is 92.8 cm³/mol. The number of piperidine rings is 1. The average molecular weight is 338 g/mol. The van der Waals surface area contributed by atoms with E-state index < -0.39 is 0 Å². The Morgan fingerprint density at radius 3 is 3.08 bits per heavy atom. The van der Waals surface area contributed by atoms with Crippen LogP contribution in [0.15, 0.2) is 36.8 Å². The summed E-state index contributed by atoms with van der Waals surface area (Å²) in [6.45, 7) is 3.42. The minimum absolute atomic E-state index is 0.172. The zero-order valence-electron chi connectivity index (χ0n) is 14.1. The molecule has 1 N–H and O–H groups in total. The summed E-state index contributed by atoms with van der Waals surface area (Å²) in [6.07, 6.45) is 5.45. The SMILES string of the molecule is O=C(CN1Cc2cncnc2C1)N1CCC[C@@H](c2cccc(O)c2)C1. The molecular weight excluding hydrogens is 316 g/mol. The molecule has 1 fully saturated rings. The molecule has 1 atom stereocenters. The van der Waals surface area contributed by atoms with Crippen LogP contribution in [0.4, 0.5) is 0 Å². The van der Waals surface area contributed by atoms with Crippen molar-refractivity contribution < 1.29 is 9.90 Å². The Bertz CT molecular complexity index is 755. The van der Waals surface area contributed by atoms with Gasteiger partial charge in [0.1, 0.15) is 12.1 Å². The fourth-order valence-corrected chi connectivity index (χ4v) is 3.82. The van der Waals surface area contributed by atoms with Gasteiger partial charge in [0.05, 0.1) is 12.2 Å². The highest BCUT2D eigenvalue weighted by molar-refractivity contribution is 5.78. The normalized spacial score (nSPS) is 20.5. The van der Waals surface area contributed by atoms with Crippen molar-refractivity contribution in [3.8, 4) is 5.75 Å². The Morgan fingerprint density at radius 1 is 1.32 bits per heavy atom. The monoisotopic (exact) mass is 338 g/mol. The Labute approximate surface area is 147 Å². The molecule has 2 aliphatic heterocycles. The Hall–Kier alpha value is -2.47. The van der Waals surface area contributed by atoms with E-state index in [4.69, 9.17) is 0 Å². The molecule has 0 radical (unpaired) electrons. The average Bonchev–Trinajstić information content (AvgIpc) is 3.04. The lowest BCUT2D eigenvalue weighted by atomic mass is 9.90. The molecule has 25 heavy (non-hydrogen) atoms. The Balaban J connectivity index is 1.38. The highest BCUT2D eigenvalue weighted by atomic mass is 16.3. The van der Waals surface area contributed by atoms with Crippen LogP contribution in [0.25, 0.3) is 0 Å². The molecule has 0 bridgehead atoms. The second-order valence-corrected chi connectivity index (χ2v) is 6.91. The third-order valence-electron chi connectivity index (χ3n) is 5.12.